The smallest absolute Gasteiger partial charge is 0.292 e. The number of nitrogens with zero attached hydrogens (tertiary/aromatic N) is 1. The third-order valence-electron chi connectivity index (χ3n) is 2.71. The molecular formula is C13H9Br2FN2O3. The lowest BCUT2D eigenvalue weighted by Gasteiger charge is -2.09. The minimum absolute atomic E-state index is 0.0653. The number of phenols is 1. The summed E-state index contributed by atoms with van der Waals surface area (Å²) in [5.41, 5.74) is 0.652. The minimum atomic E-state index is -0.579. The fourth-order valence-corrected chi connectivity index (χ4v) is 3.01. The van der Waals surface area contributed by atoms with Crippen molar-refractivity contribution in [2.24, 2.45) is 0 Å². The Kier molecular flexibility index (Phi) is 4.79. The van der Waals surface area contributed by atoms with Crippen LogP contribution < -0.4 is 5.32 Å². The number of rotatable bonds is 4. The van der Waals surface area contributed by atoms with Crippen molar-refractivity contribution in [2.45, 2.75) is 6.54 Å². The van der Waals surface area contributed by atoms with Gasteiger partial charge in [0.25, 0.3) is 5.69 Å². The number of benzene rings is 2. The maximum atomic E-state index is 13.2. The molecule has 2 aromatic rings. The summed E-state index contributed by atoms with van der Waals surface area (Å²) in [7, 11) is 0. The van der Waals surface area contributed by atoms with E-state index in [-0.39, 0.29) is 23.7 Å². The highest BCUT2D eigenvalue weighted by Gasteiger charge is 2.14. The molecule has 0 aromatic heterocycles. The summed E-state index contributed by atoms with van der Waals surface area (Å²) < 4.78 is 14.2. The van der Waals surface area contributed by atoms with Crippen LogP contribution in [0, 0.1) is 15.9 Å². The summed E-state index contributed by atoms with van der Waals surface area (Å²) in [6, 6.07) is 6.55. The van der Waals surface area contributed by atoms with Gasteiger partial charge in [0.2, 0.25) is 0 Å². The van der Waals surface area contributed by atoms with Gasteiger partial charge < -0.3 is 10.4 Å². The van der Waals surface area contributed by atoms with Crippen LogP contribution in [-0.2, 0) is 6.54 Å². The minimum Gasteiger partial charge on any atom is -0.506 e. The van der Waals surface area contributed by atoms with Crippen molar-refractivity contribution in [1.29, 1.82) is 0 Å². The predicted octanol–water partition coefficient (Wildman–Crippen LogP) is 4.58. The normalized spacial score (nSPS) is 10.4. The Bertz CT molecular complexity index is 687. The van der Waals surface area contributed by atoms with Crippen LogP contribution in [0.5, 0.6) is 5.75 Å². The molecule has 0 bridgehead atoms. The number of hydrogen-bond donors (Lipinski definition) is 2. The first-order valence-electron chi connectivity index (χ1n) is 5.73. The molecule has 0 atom stereocenters. The number of phenolic OH excluding ortho intramolecular Hbond substituents is 1. The first kappa shape index (κ1) is 15.7. The third kappa shape index (κ3) is 3.70. The largest absolute Gasteiger partial charge is 0.506 e. The maximum Gasteiger partial charge on any atom is 0.292 e. The number of hydrogen-bond acceptors (Lipinski definition) is 4. The zero-order valence-corrected chi connectivity index (χ0v) is 13.6. The molecule has 21 heavy (non-hydrogen) atoms. The molecule has 0 saturated carbocycles. The molecule has 0 fully saturated rings. The van der Waals surface area contributed by atoms with Gasteiger partial charge in [-0.1, -0.05) is 0 Å². The van der Waals surface area contributed by atoms with Crippen molar-refractivity contribution in [1.82, 2.24) is 0 Å². The predicted molar refractivity (Wildman–Crippen MR) is 83.9 cm³/mol. The van der Waals surface area contributed by atoms with Gasteiger partial charge in [0.05, 0.1) is 13.9 Å². The van der Waals surface area contributed by atoms with Gasteiger partial charge in [-0.3, -0.25) is 10.1 Å². The van der Waals surface area contributed by atoms with E-state index in [4.69, 9.17) is 0 Å². The number of nitro groups is 1. The Morgan fingerprint density at radius 3 is 2.43 bits per heavy atom. The molecule has 8 heteroatoms. The summed E-state index contributed by atoms with van der Waals surface area (Å²) >= 11 is 6.39. The second kappa shape index (κ2) is 6.40. The van der Waals surface area contributed by atoms with Crippen LogP contribution in [0.4, 0.5) is 15.8 Å². The van der Waals surface area contributed by atoms with Gasteiger partial charge in [-0.05, 0) is 55.6 Å². The first-order valence-corrected chi connectivity index (χ1v) is 7.32. The molecule has 0 unspecified atom stereocenters. The van der Waals surface area contributed by atoms with Gasteiger partial charge in [-0.25, -0.2) is 4.39 Å². The van der Waals surface area contributed by atoms with Gasteiger partial charge in [-0.2, -0.15) is 0 Å². The Morgan fingerprint density at radius 1 is 1.24 bits per heavy atom. The summed E-state index contributed by atoms with van der Waals surface area (Å²) in [6.07, 6.45) is 0. The zero-order valence-electron chi connectivity index (χ0n) is 10.4. The van der Waals surface area contributed by atoms with Crippen LogP contribution in [0.3, 0.4) is 0 Å². The molecule has 0 aliphatic carbocycles. The van der Waals surface area contributed by atoms with E-state index in [1.807, 2.05) is 0 Å². The maximum absolute atomic E-state index is 13.2. The van der Waals surface area contributed by atoms with E-state index in [0.717, 1.165) is 23.8 Å². The van der Waals surface area contributed by atoms with E-state index in [1.54, 1.807) is 12.1 Å². The molecule has 0 spiro atoms. The van der Waals surface area contributed by atoms with Gasteiger partial charge in [0.15, 0.2) is 0 Å². The number of anilines is 1. The molecule has 2 rings (SSSR count). The molecule has 5 nitrogen and oxygen atoms in total. The average molecular weight is 420 g/mol. The number of halogens is 3. The Balaban J connectivity index is 2.24. The first-order chi connectivity index (χ1) is 9.88. The van der Waals surface area contributed by atoms with Crippen LogP contribution >= 0.6 is 31.9 Å². The van der Waals surface area contributed by atoms with Crippen molar-refractivity contribution < 1.29 is 14.4 Å². The molecule has 0 aliphatic heterocycles. The number of aromatic hydroxyl groups is 1. The molecule has 0 heterocycles. The lowest BCUT2D eigenvalue weighted by Crippen LogP contribution is -2.03. The molecule has 110 valence electrons. The highest BCUT2D eigenvalue weighted by Crippen LogP contribution is 2.34. The van der Waals surface area contributed by atoms with E-state index in [9.17, 15) is 19.6 Å². The van der Waals surface area contributed by atoms with Crippen LogP contribution in [0.2, 0.25) is 0 Å². The lowest BCUT2D eigenvalue weighted by atomic mass is 10.2. The topological polar surface area (TPSA) is 75.4 Å². The van der Waals surface area contributed by atoms with Crippen molar-refractivity contribution in [3.05, 3.63) is 60.8 Å². The van der Waals surface area contributed by atoms with Gasteiger partial charge >= 0.3 is 0 Å². The SMILES string of the molecule is O=[N+]([O-])c1ccc(F)cc1NCc1cc(Br)c(O)c(Br)c1. The lowest BCUT2D eigenvalue weighted by molar-refractivity contribution is -0.384. The molecular weight excluding hydrogens is 411 g/mol. The number of nitro benzene ring substituents is 1. The van der Waals surface area contributed by atoms with Gasteiger partial charge in [-0.15, -0.1) is 0 Å². The van der Waals surface area contributed by atoms with Crippen LogP contribution in [0.1, 0.15) is 5.56 Å². The van der Waals surface area contributed by atoms with E-state index >= 15 is 0 Å². The van der Waals surface area contributed by atoms with Crippen LogP contribution in [0.15, 0.2) is 39.3 Å². The second-order valence-corrected chi connectivity index (χ2v) is 5.89. The van der Waals surface area contributed by atoms with Crippen LogP contribution in [0.25, 0.3) is 0 Å². The molecule has 0 aliphatic rings. The second-order valence-electron chi connectivity index (χ2n) is 4.18. The van der Waals surface area contributed by atoms with Crippen LogP contribution in [-0.4, -0.2) is 10.0 Å². The van der Waals surface area contributed by atoms with E-state index in [1.165, 1.54) is 0 Å². The Morgan fingerprint density at radius 2 is 1.86 bits per heavy atom. The van der Waals surface area contributed by atoms with Crippen molar-refractivity contribution in [2.75, 3.05) is 5.32 Å². The van der Waals surface area contributed by atoms with Crippen molar-refractivity contribution in [3.8, 4) is 5.75 Å². The Labute approximate surface area is 136 Å². The summed E-state index contributed by atoms with van der Waals surface area (Å²) in [6.45, 7) is 0.238. The zero-order chi connectivity index (χ0) is 15.6. The summed E-state index contributed by atoms with van der Waals surface area (Å²) in [4.78, 5) is 10.3. The van der Waals surface area contributed by atoms with Gasteiger partial charge in [0, 0.05) is 18.7 Å². The average Bonchev–Trinajstić information content (AvgIpc) is 2.42. The van der Waals surface area contributed by atoms with Crippen molar-refractivity contribution >= 4 is 43.2 Å². The van der Waals surface area contributed by atoms with Gasteiger partial charge in [0.1, 0.15) is 17.3 Å². The highest BCUT2D eigenvalue weighted by atomic mass is 79.9. The van der Waals surface area contributed by atoms with Crippen molar-refractivity contribution in [3.63, 3.8) is 0 Å². The molecule has 0 amide bonds. The monoisotopic (exact) mass is 418 g/mol. The van der Waals surface area contributed by atoms with E-state index < -0.39 is 10.7 Å². The Hall–Kier alpha value is -1.67. The molecule has 2 aromatic carbocycles. The highest BCUT2D eigenvalue weighted by molar-refractivity contribution is 9.11. The fraction of sp³-hybridized carbons (Fsp3) is 0.0769. The van der Waals surface area contributed by atoms with E-state index in [0.29, 0.717) is 8.95 Å². The number of nitrogens with one attached hydrogen (secondary N) is 1. The standard InChI is InChI=1S/C13H9Br2FN2O3/c14-9-3-7(4-10(15)13(9)19)6-17-11-5-8(16)1-2-12(11)18(20)21/h1-5,17,19H,6H2. The molecule has 2 N–H and O–H groups in total. The quantitative estimate of drug-likeness (QED) is 0.561. The fourth-order valence-electron chi connectivity index (χ4n) is 1.73. The third-order valence-corrected chi connectivity index (χ3v) is 3.92. The van der Waals surface area contributed by atoms with E-state index in [2.05, 4.69) is 37.2 Å². The molecule has 0 saturated heterocycles. The summed E-state index contributed by atoms with van der Waals surface area (Å²) in [5.74, 6) is -0.494. The summed E-state index contributed by atoms with van der Waals surface area (Å²) in [5, 5.41) is 23.3. The molecule has 0 radical (unpaired) electrons.